The number of rotatable bonds is 5. The number of amides is 1. The van der Waals surface area contributed by atoms with Crippen LogP contribution < -0.4 is 4.74 Å². The fraction of sp³-hybridized carbons (Fsp3) is 0.440. The SMILES string of the molecule is Cc1ccc(-c2noc(C)c2COc2cc3c(cn2)CN(C(=O)C2CCCOC2)CC3)cn1. The maximum absolute atomic E-state index is 12.8. The van der Waals surface area contributed by atoms with Crippen LogP contribution in [0.3, 0.4) is 0 Å². The van der Waals surface area contributed by atoms with Gasteiger partial charge in [0.2, 0.25) is 11.8 Å². The van der Waals surface area contributed by atoms with Gasteiger partial charge in [0.25, 0.3) is 0 Å². The lowest BCUT2D eigenvalue weighted by molar-refractivity contribution is -0.140. The number of nitrogens with zero attached hydrogens (tertiary/aromatic N) is 4. The molecule has 3 aromatic heterocycles. The van der Waals surface area contributed by atoms with Crippen molar-refractivity contribution in [2.45, 2.75) is 46.3 Å². The molecule has 1 saturated heterocycles. The van der Waals surface area contributed by atoms with Crippen molar-refractivity contribution >= 4 is 5.91 Å². The first-order valence-electron chi connectivity index (χ1n) is 11.4. The summed E-state index contributed by atoms with van der Waals surface area (Å²) in [6.45, 7) is 6.72. The van der Waals surface area contributed by atoms with Gasteiger partial charge in [-0.25, -0.2) is 4.98 Å². The van der Waals surface area contributed by atoms with Crippen molar-refractivity contribution in [1.82, 2.24) is 20.0 Å². The number of hydrogen-bond acceptors (Lipinski definition) is 7. The molecule has 0 N–H and O–H groups in total. The first-order chi connectivity index (χ1) is 16.1. The first kappa shape index (κ1) is 21.6. The third-order valence-corrected chi connectivity index (χ3v) is 6.43. The monoisotopic (exact) mass is 448 g/mol. The van der Waals surface area contributed by atoms with Gasteiger partial charge >= 0.3 is 0 Å². The number of aryl methyl sites for hydroxylation is 2. The molecule has 0 spiro atoms. The molecular weight excluding hydrogens is 420 g/mol. The van der Waals surface area contributed by atoms with Gasteiger partial charge in [0.15, 0.2) is 0 Å². The highest BCUT2D eigenvalue weighted by atomic mass is 16.5. The molecule has 0 bridgehead atoms. The molecule has 5 rings (SSSR count). The van der Waals surface area contributed by atoms with Crippen LogP contribution in [0.4, 0.5) is 0 Å². The van der Waals surface area contributed by atoms with E-state index in [-0.39, 0.29) is 11.8 Å². The van der Waals surface area contributed by atoms with E-state index in [4.69, 9.17) is 14.0 Å². The number of carbonyl (C=O) groups is 1. The highest BCUT2D eigenvalue weighted by Crippen LogP contribution is 2.28. The number of hydrogen-bond donors (Lipinski definition) is 0. The fourth-order valence-corrected chi connectivity index (χ4v) is 4.42. The maximum atomic E-state index is 12.8. The first-order valence-corrected chi connectivity index (χ1v) is 11.4. The van der Waals surface area contributed by atoms with Crippen molar-refractivity contribution in [2.75, 3.05) is 19.8 Å². The second-order valence-corrected chi connectivity index (χ2v) is 8.76. The van der Waals surface area contributed by atoms with E-state index in [9.17, 15) is 4.79 Å². The third-order valence-electron chi connectivity index (χ3n) is 6.43. The fourth-order valence-electron chi connectivity index (χ4n) is 4.42. The lowest BCUT2D eigenvalue weighted by Gasteiger charge is -2.33. The standard InChI is InChI=1S/C25H28N4O4/c1-16-5-6-19(11-26-16)24-22(17(2)33-28-24)15-32-23-10-18-7-8-29(13-21(18)12-27-23)25(30)20-4-3-9-31-14-20/h5-6,10-12,20H,3-4,7-9,13-15H2,1-2H3. The van der Waals surface area contributed by atoms with E-state index in [1.807, 2.05) is 43.1 Å². The second-order valence-electron chi connectivity index (χ2n) is 8.76. The summed E-state index contributed by atoms with van der Waals surface area (Å²) in [5.74, 6) is 1.45. The van der Waals surface area contributed by atoms with Gasteiger partial charge in [0, 0.05) is 49.4 Å². The molecule has 172 valence electrons. The Morgan fingerprint density at radius 1 is 1.21 bits per heavy atom. The molecule has 0 radical (unpaired) electrons. The van der Waals surface area contributed by atoms with Gasteiger partial charge < -0.3 is 18.9 Å². The van der Waals surface area contributed by atoms with Gasteiger partial charge in [-0.05, 0) is 56.4 Å². The Kier molecular flexibility index (Phi) is 6.09. The molecular formula is C25H28N4O4. The Morgan fingerprint density at radius 3 is 2.91 bits per heavy atom. The van der Waals surface area contributed by atoms with Crippen molar-refractivity contribution in [1.29, 1.82) is 0 Å². The smallest absolute Gasteiger partial charge is 0.228 e. The molecule has 2 aliphatic rings. The minimum atomic E-state index is -0.0133. The summed E-state index contributed by atoms with van der Waals surface area (Å²) in [4.78, 5) is 23.6. The maximum Gasteiger partial charge on any atom is 0.228 e. The Balaban J connectivity index is 1.26. The highest BCUT2D eigenvalue weighted by molar-refractivity contribution is 5.79. The van der Waals surface area contributed by atoms with E-state index in [0.29, 0.717) is 37.9 Å². The van der Waals surface area contributed by atoms with Crippen molar-refractivity contribution < 1.29 is 18.8 Å². The Bertz CT molecular complexity index is 1140. The summed E-state index contributed by atoms with van der Waals surface area (Å²) in [6.07, 6.45) is 6.28. The zero-order chi connectivity index (χ0) is 22.8. The molecule has 8 nitrogen and oxygen atoms in total. The molecule has 0 aromatic carbocycles. The lowest BCUT2D eigenvalue weighted by atomic mass is 9.97. The molecule has 5 heterocycles. The van der Waals surface area contributed by atoms with Gasteiger partial charge in [0.1, 0.15) is 18.1 Å². The average Bonchev–Trinajstić information content (AvgIpc) is 3.23. The Morgan fingerprint density at radius 2 is 2.12 bits per heavy atom. The van der Waals surface area contributed by atoms with Crippen molar-refractivity contribution in [3.8, 4) is 17.1 Å². The van der Waals surface area contributed by atoms with Crippen LogP contribution in [0.15, 0.2) is 35.1 Å². The second kappa shape index (κ2) is 9.31. The third kappa shape index (κ3) is 4.61. The molecule has 0 saturated carbocycles. The topological polar surface area (TPSA) is 90.6 Å². The van der Waals surface area contributed by atoms with E-state index in [2.05, 4.69) is 15.1 Å². The van der Waals surface area contributed by atoms with E-state index < -0.39 is 0 Å². The van der Waals surface area contributed by atoms with Crippen molar-refractivity contribution in [2.24, 2.45) is 5.92 Å². The average molecular weight is 449 g/mol. The molecule has 8 heteroatoms. The van der Waals surface area contributed by atoms with Crippen LogP contribution in [0, 0.1) is 19.8 Å². The largest absolute Gasteiger partial charge is 0.473 e. The summed E-state index contributed by atoms with van der Waals surface area (Å²) in [7, 11) is 0. The number of pyridine rings is 2. The van der Waals surface area contributed by atoms with Crippen LogP contribution >= 0.6 is 0 Å². The molecule has 1 fully saturated rings. The number of carbonyl (C=O) groups excluding carboxylic acids is 1. The van der Waals surface area contributed by atoms with Crippen LogP contribution in [-0.2, 0) is 29.1 Å². The number of fused-ring (bicyclic) bond motifs is 1. The van der Waals surface area contributed by atoms with Gasteiger partial charge in [-0.1, -0.05) is 5.16 Å². The predicted molar refractivity (Wildman–Crippen MR) is 120 cm³/mol. The van der Waals surface area contributed by atoms with Crippen molar-refractivity contribution in [3.05, 3.63) is 58.7 Å². The summed E-state index contributed by atoms with van der Waals surface area (Å²) in [6, 6.07) is 5.91. The Labute approximate surface area is 192 Å². The number of aromatic nitrogens is 3. The minimum Gasteiger partial charge on any atom is -0.473 e. The molecule has 1 amide bonds. The molecule has 1 unspecified atom stereocenters. The normalized spacial score (nSPS) is 18.1. The quantitative estimate of drug-likeness (QED) is 0.589. The zero-order valence-electron chi connectivity index (χ0n) is 19.0. The molecule has 33 heavy (non-hydrogen) atoms. The van der Waals surface area contributed by atoms with Crippen LogP contribution in [0.2, 0.25) is 0 Å². The summed E-state index contributed by atoms with van der Waals surface area (Å²) < 4.78 is 16.9. The predicted octanol–water partition coefficient (Wildman–Crippen LogP) is 3.64. The highest BCUT2D eigenvalue weighted by Gasteiger charge is 2.29. The molecule has 3 aromatic rings. The van der Waals surface area contributed by atoms with E-state index in [1.54, 1.807) is 6.20 Å². The van der Waals surface area contributed by atoms with Gasteiger partial charge in [0.05, 0.1) is 18.1 Å². The number of ether oxygens (including phenoxy) is 2. The van der Waals surface area contributed by atoms with Gasteiger partial charge in [-0.3, -0.25) is 9.78 Å². The van der Waals surface area contributed by atoms with Crippen LogP contribution in [0.25, 0.3) is 11.3 Å². The van der Waals surface area contributed by atoms with Crippen LogP contribution in [-0.4, -0.2) is 45.7 Å². The molecule has 2 aliphatic heterocycles. The van der Waals surface area contributed by atoms with E-state index >= 15 is 0 Å². The summed E-state index contributed by atoms with van der Waals surface area (Å²) in [5, 5.41) is 4.20. The van der Waals surface area contributed by atoms with Gasteiger partial charge in [-0.2, -0.15) is 0 Å². The summed E-state index contributed by atoms with van der Waals surface area (Å²) in [5.41, 5.74) is 5.70. The molecule has 0 aliphatic carbocycles. The van der Waals surface area contributed by atoms with Crippen LogP contribution in [0.1, 0.15) is 41.0 Å². The van der Waals surface area contributed by atoms with Crippen LogP contribution in [0.5, 0.6) is 5.88 Å². The zero-order valence-corrected chi connectivity index (χ0v) is 19.0. The van der Waals surface area contributed by atoms with E-state index in [0.717, 1.165) is 53.9 Å². The van der Waals surface area contributed by atoms with E-state index in [1.165, 1.54) is 5.56 Å². The Hall–Kier alpha value is -3.26. The lowest BCUT2D eigenvalue weighted by Crippen LogP contribution is -2.42. The van der Waals surface area contributed by atoms with Gasteiger partial charge in [-0.15, -0.1) is 0 Å². The summed E-state index contributed by atoms with van der Waals surface area (Å²) >= 11 is 0. The minimum absolute atomic E-state index is 0.0133. The molecule has 1 atom stereocenters. The van der Waals surface area contributed by atoms with Crippen molar-refractivity contribution in [3.63, 3.8) is 0 Å².